The number of hydrogen-bond acceptors (Lipinski definition) is 2. The maximum absolute atomic E-state index is 6.07. The molecule has 2 heteroatoms. The predicted octanol–water partition coefficient (Wildman–Crippen LogP) is 3.65. The summed E-state index contributed by atoms with van der Waals surface area (Å²) >= 11 is 0. The first-order valence-electron chi connectivity index (χ1n) is 8.72. The van der Waals surface area contributed by atoms with Gasteiger partial charge in [-0.3, -0.25) is 4.90 Å². The minimum atomic E-state index is 0.762. The van der Waals surface area contributed by atoms with Gasteiger partial charge >= 0.3 is 0 Å². The van der Waals surface area contributed by atoms with Crippen LogP contribution in [-0.4, -0.2) is 30.6 Å². The number of hydrogen-bond donors (Lipinski definition) is 1. The fourth-order valence-corrected chi connectivity index (χ4v) is 4.00. The van der Waals surface area contributed by atoms with Crippen molar-refractivity contribution in [2.24, 2.45) is 23.5 Å². The molecule has 0 amide bonds. The zero-order valence-electron chi connectivity index (χ0n) is 13.1. The minimum Gasteiger partial charge on any atom is -0.330 e. The molecule has 0 aliphatic heterocycles. The fraction of sp³-hybridized carbons (Fsp3) is 1.00. The van der Waals surface area contributed by atoms with E-state index in [0.717, 1.165) is 30.3 Å². The molecule has 0 radical (unpaired) electrons. The summed E-state index contributed by atoms with van der Waals surface area (Å²) in [5.41, 5.74) is 6.07. The van der Waals surface area contributed by atoms with E-state index in [1.54, 1.807) is 0 Å². The minimum absolute atomic E-state index is 0.762. The molecular weight excluding hydrogens is 232 g/mol. The van der Waals surface area contributed by atoms with E-state index >= 15 is 0 Å². The molecule has 0 bridgehead atoms. The molecule has 2 nitrogen and oxygen atoms in total. The highest BCUT2D eigenvalue weighted by atomic mass is 15.2. The normalized spacial score (nSPS) is 31.9. The number of nitrogens with two attached hydrogens (primary N) is 1. The molecule has 2 saturated carbocycles. The van der Waals surface area contributed by atoms with Crippen LogP contribution in [-0.2, 0) is 0 Å². The van der Waals surface area contributed by atoms with Gasteiger partial charge in [-0.05, 0) is 62.9 Å². The lowest BCUT2D eigenvalue weighted by molar-refractivity contribution is 0.0749. The molecule has 0 aromatic rings. The SMILES string of the molecule is CCCC1CCC(CN)C(N(CCC)CC2CC2)C1. The first-order valence-corrected chi connectivity index (χ1v) is 8.72. The van der Waals surface area contributed by atoms with Crippen LogP contribution in [0.2, 0.25) is 0 Å². The van der Waals surface area contributed by atoms with Crippen molar-refractivity contribution < 1.29 is 0 Å². The molecule has 2 aliphatic carbocycles. The smallest absolute Gasteiger partial charge is 0.0138 e. The third kappa shape index (κ3) is 4.46. The molecule has 3 unspecified atom stereocenters. The van der Waals surface area contributed by atoms with Gasteiger partial charge in [0.05, 0.1) is 0 Å². The van der Waals surface area contributed by atoms with E-state index in [4.69, 9.17) is 5.73 Å². The van der Waals surface area contributed by atoms with Crippen LogP contribution >= 0.6 is 0 Å². The summed E-state index contributed by atoms with van der Waals surface area (Å²) in [6.45, 7) is 8.19. The lowest BCUT2D eigenvalue weighted by atomic mass is 9.76. The Morgan fingerprint density at radius 1 is 1.00 bits per heavy atom. The molecule has 19 heavy (non-hydrogen) atoms. The molecular formula is C17H34N2. The molecule has 0 heterocycles. The molecule has 2 fully saturated rings. The van der Waals surface area contributed by atoms with E-state index in [9.17, 15) is 0 Å². The lowest BCUT2D eigenvalue weighted by Gasteiger charge is -2.43. The van der Waals surface area contributed by atoms with Crippen molar-refractivity contribution in [3.05, 3.63) is 0 Å². The van der Waals surface area contributed by atoms with E-state index in [-0.39, 0.29) is 0 Å². The Morgan fingerprint density at radius 3 is 2.32 bits per heavy atom. The molecule has 112 valence electrons. The molecule has 0 aromatic carbocycles. The number of rotatable bonds is 8. The Bertz CT molecular complexity index is 250. The molecule has 0 aromatic heterocycles. The largest absolute Gasteiger partial charge is 0.330 e. The fourth-order valence-electron chi connectivity index (χ4n) is 4.00. The Morgan fingerprint density at radius 2 is 1.74 bits per heavy atom. The molecule has 2 rings (SSSR count). The Hall–Kier alpha value is -0.0800. The maximum Gasteiger partial charge on any atom is 0.0138 e. The zero-order chi connectivity index (χ0) is 13.7. The van der Waals surface area contributed by atoms with Crippen LogP contribution in [0.4, 0.5) is 0 Å². The topological polar surface area (TPSA) is 29.3 Å². The summed E-state index contributed by atoms with van der Waals surface area (Å²) in [5.74, 6) is 2.74. The van der Waals surface area contributed by atoms with E-state index in [0.29, 0.717) is 0 Å². The van der Waals surface area contributed by atoms with Gasteiger partial charge in [0.1, 0.15) is 0 Å². The van der Waals surface area contributed by atoms with Crippen LogP contribution in [0.5, 0.6) is 0 Å². The van der Waals surface area contributed by atoms with Crippen molar-refractivity contribution in [3.8, 4) is 0 Å². The van der Waals surface area contributed by atoms with Gasteiger partial charge in [0, 0.05) is 12.6 Å². The van der Waals surface area contributed by atoms with E-state index < -0.39 is 0 Å². The van der Waals surface area contributed by atoms with Crippen molar-refractivity contribution in [2.75, 3.05) is 19.6 Å². The van der Waals surface area contributed by atoms with E-state index in [1.807, 2.05) is 0 Å². The Kier molecular flexibility index (Phi) is 6.15. The summed E-state index contributed by atoms with van der Waals surface area (Å²) in [4.78, 5) is 2.82. The summed E-state index contributed by atoms with van der Waals surface area (Å²) in [6.07, 6.45) is 11.2. The van der Waals surface area contributed by atoms with Crippen molar-refractivity contribution >= 4 is 0 Å². The van der Waals surface area contributed by atoms with Crippen molar-refractivity contribution in [1.82, 2.24) is 4.90 Å². The van der Waals surface area contributed by atoms with Crippen LogP contribution in [0.1, 0.15) is 65.2 Å². The standard InChI is InChI=1S/C17H34N2/c1-3-5-14-8-9-16(12-18)17(11-14)19(10-4-2)13-15-6-7-15/h14-17H,3-13,18H2,1-2H3. The van der Waals surface area contributed by atoms with Gasteiger partial charge in [-0.2, -0.15) is 0 Å². The van der Waals surface area contributed by atoms with Gasteiger partial charge in [-0.25, -0.2) is 0 Å². The van der Waals surface area contributed by atoms with Crippen LogP contribution in [0.15, 0.2) is 0 Å². The second kappa shape index (κ2) is 7.64. The second-order valence-electron chi connectivity index (χ2n) is 6.97. The first kappa shape index (κ1) is 15.3. The van der Waals surface area contributed by atoms with Crippen LogP contribution in [0.3, 0.4) is 0 Å². The lowest BCUT2D eigenvalue weighted by Crippen LogP contribution is -2.48. The summed E-state index contributed by atoms with van der Waals surface area (Å²) in [7, 11) is 0. The van der Waals surface area contributed by atoms with Gasteiger partial charge in [-0.1, -0.05) is 33.1 Å². The van der Waals surface area contributed by atoms with Gasteiger partial charge in [-0.15, -0.1) is 0 Å². The average molecular weight is 266 g/mol. The third-order valence-electron chi connectivity index (χ3n) is 5.23. The van der Waals surface area contributed by atoms with Crippen molar-refractivity contribution in [3.63, 3.8) is 0 Å². The van der Waals surface area contributed by atoms with Crippen molar-refractivity contribution in [2.45, 2.75) is 71.3 Å². The predicted molar refractivity (Wildman–Crippen MR) is 83.2 cm³/mol. The zero-order valence-corrected chi connectivity index (χ0v) is 13.1. The van der Waals surface area contributed by atoms with E-state index in [1.165, 1.54) is 64.5 Å². The summed E-state index contributed by atoms with van der Waals surface area (Å²) in [5, 5.41) is 0. The summed E-state index contributed by atoms with van der Waals surface area (Å²) < 4.78 is 0. The molecule has 2 aliphatic rings. The molecule has 2 N–H and O–H groups in total. The van der Waals surface area contributed by atoms with Gasteiger partial charge < -0.3 is 5.73 Å². The van der Waals surface area contributed by atoms with Gasteiger partial charge in [0.25, 0.3) is 0 Å². The average Bonchev–Trinajstić information content (AvgIpc) is 3.22. The second-order valence-corrected chi connectivity index (χ2v) is 6.97. The monoisotopic (exact) mass is 266 g/mol. The van der Waals surface area contributed by atoms with Crippen LogP contribution in [0, 0.1) is 17.8 Å². The van der Waals surface area contributed by atoms with E-state index in [2.05, 4.69) is 18.7 Å². The van der Waals surface area contributed by atoms with Crippen molar-refractivity contribution in [1.29, 1.82) is 0 Å². The first-order chi connectivity index (χ1) is 9.28. The highest BCUT2D eigenvalue weighted by molar-refractivity contribution is 4.89. The summed E-state index contributed by atoms with van der Waals surface area (Å²) in [6, 6.07) is 0.788. The quantitative estimate of drug-likeness (QED) is 0.726. The highest BCUT2D eigenvalue weighted by Crippen LogP contribution is 2.37. The maximum atomic E-state index is 6.07. The molecule has 0 saturated heterocycles. The molecule has 3 atom stereocenters. The highest BCUT2D eigenvalue weighted by Gasteiger charge is 2.35. The van der Waals surface area contributed by atoms with Gasteiger partial charge in [0.15, 0.2) is 0 Å². The third-order valence-corrected chi connectivity index (χ3v) is 5.23. The van der Waals surface area contributed by atoms with Gasteiger partial charge in [0.2, 0.25) is 0 Å². The Labute approximate surface area is 120 Å². The van der Waals surface area contributed by atoms with Crippen LogP contribution in [0.25, 0.3) is 0 Å². The number of nitrogens with zero attached hydrogens (tertiary/aromatic N) is 1. The molecule has 0 spiro atoms. The van der Waals surface area contributed by atoms with Crippen LogP contribution < -0.4 is 5.73 Å². The Balaban J connectivity index is 1.96.